The van der Waals surface area contributed by atoms with Crippen molar-refractivity contribution in [3.05, 3.63) is 24.0 Å². The van der Waals surface area contributed by atoms with E-state index in [1.807, 2.05) is 0 Å². The highest BCUT2D eigenvalue weighted by Crippen LogP contribution is 2.25. The molecule has 5 nitrogen and oxygen atoms in total. The molecule has 16 heavy (non-hydrogen) atoms. The molecule has 5 heteroatoms. The normalized spacial score (nSPS) is 17.9. The predicted octanol–water partition coefficient (Wildman–Crippen LogP) is 0.807. The number of hydrogen-bond acceptors (Lipinski definition) is 2. The third-order valence-electron chi connectivity index (χ3n) is 3.12. The number of likely N-dealkylation sites (tertiary alicyclic amines) is 1. The highest BCUT2D eigenvalue weighted by molar-refractivity contribution is 5.93. The van der Waals surface area contributed by atoms with Crippen LogP contribution in [0, 0.1) is 11.8 Å². The quantitative estimate of drug-likeness (QED) is 0.794. The first-order valence-corrected chi connectivity index (χ1v) is 5.25. The number of H-pyrrole nitrogens is 1. The van der Waals surface area contributed by atoms with Crippen molar-refractivity contribution in [3.63, 3.8) is 0 Å². The number of nitrogens with zero attached hydrogens (tertiary/aromatic N) is 1. The van der Waals surface area contributed by atoms with Crippen molar-refractivity contribution in [1.82, 2.24) is 9.88 Å². The molecule has 0 bridgehead atoms. The van der Waals surface area contributed by atoms with E-state index in [-0.39, 0.29) is 17.7 Å². The Labute approximate surface area is 93.1 Å². The zero-order valence-electron chi connectivity index (χ0n) is 9.01. The van der Waals surface area contributed by atoms with E-state index < -0.39 is 5.97 Å². The van der Waals surface area contributed by atoms with E-state index >= 15 is 0 Å². The lowest BCUT2D eigenvalue weighted by molar-refractivity contribution is -0.144. The number of carboxylic acid groups (broad SMARTS) is 1. The monoisotopic (exact) mass is 222 g/mol. The summed E-state index contributed by atoms with van der Waals surface area (Å²) in [5, 5.41) is 8.82. The third kappa shape index (κ3) is 1.80. The second kappa shape index (κ2) is 4.00. The van der Waals surface area contributed by atoms with Gasteiger partial charge in [0.25, 0.3) is 5.91 Å². The minimum Gasteiger partial charge on any atom is -0.481 e. The lowest BCUT2D eigenvalue weighted by atomic mass is 9.87. The minimum absolute atomic E-state index is 0.0566. The number of aliphatic carboxylic acids is 1. The Bertz CT molecular complexity index is 393. The summed E-state index contributed by atoms with van der Waals surface area (Å²) < 4.78 is 0. The molecule has 0 aromatic carbocycles. The predicted molar refractivity (Wildman–Crippen MR) is 57.0 cm³/mol. The van der Waals surface area contributed by atoms with Crippen LogP contribution < -0.4 is 0 Å². The number of carbonyl (C=O) groups excluding carboxylic acids is 1. The van der Waals surface area contributed by atoms with Gasteiger partial charge in [-0.1, -0.05) is 6.92 Å². The zero-order valence-corrected chi connectivity index (χ0v) is 9.01. The molecule has 0 radical (unpaired) electrons. The molecule has 1 fully saturated rings. The van der Waals surface area contributed by atoms with Crippen LogP contribution in [-0.4, -0.2) is 40.0 Å². The summed E-state index contributed by atoms with van der Waals surface area (Å²) in [6, 6.07) is 3.49. The number of hydrogen-bond donors (Lipinski definition) is 2. The van der Waals surface area contributed by atoms with Crippen molar-refractivity contribution in [1.29, 1.82) is 0 Å². The van der Waals surface area contributed by atoms with E-state index in [1.165, 1.54) is 0 Å². The van der Waals surface area contributed by atoms with Crippen LogP contribution in [0.2, 0.25) is 0 Å². The number of amides is 1. The van der Waals surface area contributed by atoms with E-state index in [0.717, 1.165) is 0 Å². The van der Waals surface area contributed by atoms with Gasteiger partial charge in [-0.3, -0.25) is 9.59 Å². The average Bonchev–Trinajstić information content (AvgIpc) is 2.67. The molecular formula is C11H14N2O3. The van der Waals surface area contributed by atoms with Gasteiger partial charge < -0.3 is 15.0 Å². The SMILES string of the molecule is CC(C(=O)O)C1CN(C(=O)c2ccc[nH]2)C1. The second-order valence-corrected chi connectivity index (χ2v) is 4.18. The van der Waals surface area contributed by atoms with Crippen LogP contribution in [0.3, 0.4) is 0 Å². The Hall–Kier alpha value is -1.78. The van der Waals surface area contributed by atoms with E-state index in [2.05, 4.69) is 4.98 Å². The van der Waals surface area contributed by atoms with E-state index in [4.69, 9.17) is 5.11 Å². The van der Waals surface area contributed by atoms with Crippen LogP contribution in [0.1, 0.15) is 17.4 Å². The maximum atomic E-state index is 11.8. The van der Waals surface area contributed by atoms with E-state index in [1.54, 1.807) is 30.2 Å². The molecule has 2 heterocycles. The van der Waals surface area contributed by atoms with E-state index in [0.29, 0.717) is 18.8 Å². The van der Waals surface area contributed by atoms with Gasteiger partial charge in [0, 0.05) is 25.2 Å². The van der Waals surface area contributed by atoms with E-state index in [9.17, 15) is 9.59 Å². The highest BCUT2D eigenvalue weighted by atomic mass is 16.4. The second-order valence-electron chi connectivity index (χ2n) is 4.18. The lowest BCUT2D eigenvalue weighted by Gasteiger charge is -2.40. The molecule has 1 aromatic heterocycles. The summed E-state index contributed by atoms with van der Waals surface area (Å²) in [7, 11) is 0. The fourth-order valence-corrected chi connectivity index (χ4v) is 1.83. The first-order chi connectivity index (χ1) is 7.59. The number of aromatic amines is 1. The lowest BCUT2D eigenvalue weighted by Crippen LogP contribution is -2.53. The molecule has 1 saturated heterocycles. The largest absolute Gasteiger partial charge is 0.481 e. The van der Waals surface area contributed by atoms with Gasteiger partial charge in [0.1, 0.15) is 5.69 Å². The number of nitrogens with one attached hydrogen (secondary N) is 1. The smallest absolute Gasteiger partial charge is 0.306 e. The summed E-state index contributed by atoms with van der Waals surface area (Å²) in [5.74, 6) is -1.15. The Morgan fingerprint density at radius 2 is 2.25 bits per heavy atom. The minimum atomic E-state index is -0.794. The fourth-order valence-electron chi connectivity index (χ4n) is 1.83. The van der Waals surface area contributed by atoms with Crippen molar-refractivity contribution in [2.24, 2.45) is 11.8 Å². The van der Waals surface area contributed by atoms with Gasteiger partial charge in [-0.2, -0.15) is 0 Å². The van der Waals surface area contributed by atoms with Gasteiger partial charge >= 0.3 is 5.97 Å². The molecule has 1 atom stereocenters. The van der Waals surface area contributed by atoms with Crippen molar-refractivity contribution in [2.45, 2.75) is 6.92 Å². The molecule has 0 aliphatic carbocycles. The molecule has 0 spiro atoms. The molecule has 0 saturated carbocycles. The van der Waals surface area contributed by atoms with Crippen LogP contribution in [0.25, 0.3) is 0 Å². The van der Waals surface area contributed by atoms with Crippen LogP contribution in [0.15, 0.2) is 18.3 Å². The summed E-state index contributed by atoms with van der Waals surface area (Å²) >= 11 is 0. The number of carbonyl (C=O) groups is 2. The molecule has 86 valence electrons. The van der Waals surface area contributed by atoms with Crippen molar-refractivity contribution < 1.29 is 14.7 Å². The van der Waals surface area contributed by atoms with Crippen molar-refractivity contribution in [2.75, 3.05) is 13.1 Å². The molecule has 1 aromatic rings. The Morgan fingerprint density at radius 3 is 2.75 bits per heavy atom. The topological polar surface area (TPSA) is 73.4 Å². The molecular weight excluding hydrogens is 208 g/mol. The molecule has 2 N–H and O–H groups in total. The third-order valence-corrected chi connectivity index (χ3v) is 3.12. The molecule has 1 aliphatic heterocycles. The summed E-state index contributed by atoms with van der Waals surface area (Å²) in [4.78, 5) is 27.0. The Kier molecular flexibility index (Phi) is 2.68. The first-order valence-electron chi connectivity index (χ1n) is 5.25. The standard InChI is InChI=1S/C11H14N2O3/c1-7(11(15)16)8-5-13(6-8)10(14)9-3-2-4-12-9/h2-4,7-8,12H,5-6H2,1H3,(H,15,16). The molecule has 1 amide bonds. The summed E-state index contributed by atoms with van der Waals surface area (Å²) in [5.41, 5.74) is 0.557. The number of aromatic nitrogens is 1. The van der Waals surface area contributed by atoms with Gasteiger partial charge in [-0.15, -0.1) is 0 Å². The van der Waals surface area contributed by atoms with Gasteiger partial charge in [-0.05, 0) is 12.1 Å². The highest BCUT2D eigenvalue weighted by Gasteiger charge is 2.37. The molecule has 2 rings (SSSR count). The van der Waals surface area contributed by atoms with Crippen LogP contribution in [0.5, 0.6) is 0 Å². The fraction of sp³-hybridized carbons (Fsp3) is 0.455. The summed E-state index contributed by atoms with van der Waals surface area (Å²) in [6.45, 7) is 2.75. The van der Waals surface area contributed by atoms with Gasteiger partial charge in [0.05, 0.1) is 5.92 Å². The van der Waals surface area contributed by atoms with Crippen LogP contribution >= 0.6 is 0 Å². The van der Waals surface area contributed by atoms with Crippen LogP contribution in [-0.2, 0) is 4.79 Å². The molecule has 1 unspecified atom stereocenters. The van der Waals surface area contributed by atoms with Gasteiger partial charge in [0.15, 0.2) is 0 Å². The van der Waals surface area contributed by atoms with Gasteiger partial charge in [-0.25, -0.2) is 0 Å². The Morgan fingerprint density at radius 1 is 1.56 bits per heavy atom. The summed E-state index contributed by atoms with van der Waals surface area (Å²) in [6.07, 6.45) is 1.70. The zero-order chi connectivity index (χ0) is 11.7. The van der Waals surface area contributed by atoms with Crippen molar-refractivity contribution >= 4 is 11.9 Å². The molecule has 1 aliphatic rings. The Balaban J connectivity index is 1.89. The van der Waals surface area contributed by atoms with Crippen molar-refractivity contribution in [3.8, 4) is 0 Å². The van der Waals surface area contributed by atoms with Gasteiger partial charge in [0.2, 0.25) is 0 Å². The average molecular weight is 222 g/mol. The number of carboxylic acids is 1. The number of rotatable bonds is 3. The maximum Gasteiger partial charge on any atom is 0.306 e. The first kappa shape index (κ1) is 10.7. The maximum absolute atomic E-state index is 11.8. The van der Waals surface area contributed by atoms with Crippen LogP contribution in [0.4, 0.5) is 0 Å².